The molecule has 248 valence electrons. The maximum absolute atomic E-state index is 2.47. The molecule has 0 heterocycles. The average molecular weight is 681 g/mol. The molecule has 0 spiro atoms. The monoisotopic (exact) mass is 680 g/mol. The molecule has 0 N–H and O–H groups in total. The highest BCUT2D eigenvalue weighted by Gasteiger charge is 2.19. The van der Waals surface area contributed by atoms with E-state index in [9.17, 15) is 0 Å². The van der Waals surface area contributed by atoms with Crippen LogP contribution in [0, 0.1) is 0 Å². The lowest BCUT2D eigenvalue weighted by Gasteiger charge is -2.19. The molecule has 0 radical (unpaired) electrons. The summed E-state index contributed by atoms with van der Waals surface area (Å²) in [5.41, 5.74) is 5.04. The molecule has 0 atom stereocenters. The third-order valence-corrected chi connectivity index (χ3v) is 12.0. The van der Waals surface area contributed by atoms with E-state index in [1.165, 1.54) is 119 Å². The lowest BCUT2D eigenvalue weighted by Crippen LogP contribution is -1.92. The van der Waals surface area contributed by atoms with Crippen molar-refractivity contribution in [1.29, 1.82) is 0 Å². The Kier molecular flexibility index (Phi) is 6.15. The molecule has 12 aromatic carbocycles. The highest BCUT2D eigenvalue weighted by Crippen LogP contribution is 2.47. The van der Waals surface area contributed by atoms with Crippen LogP contribution in [0.5, 0.6) is 0 Å². The Hall–Kier alpha value is -7.02. The van der Waals surface area contributed by atoms with Crippen molar-refractivity contribution in [1.82, 2.24) is 0 Å². The van der Waals surface area contributed by atoms with E-state index >= 15 is 0 Å². The van der Waals surface area contributed by atoms with Crippen molar-refractivity contribution < 1.29 is 0 Å². The molecule has 12 aromatic rings. The fourth-order valence-electron chi connectivity index (χ4n) is 9.75. The molecule has 0 saturated heterocycles. The van der Waals surface area contributed by atoms with Crippen molar-refractivity contribution in [3.63, 3.8) is 0 Å². The van der Waals surface area contributed by atoms with Gasteiger partial charge in [-0.15, -0.1) is 0 Å². The highest BCUT2D eigenvalue weighted by molar-refractivity contribution is 6.35. The zero-order valence-electron chi connectivity index (χ0n) is 29.5. The summed E-state index contributed by atoms with van der Waals surface area (Å²) in [5, 5.41) is 23.3. The molecule has 12 rings (SSSR count). The zero-order chi connectivity index (χ0) is 35.3. The van der Waals surface area contributed by atoms with Gasteiger partial charge < -0.3 is 0 Å². The second-order valence-electron chi connectivity index (χ2n) is 14.7. The molecule has 0 saturated carbocycles. The summed E-state index contributed by atoms with van der Waals surface area (Å²) in [5.74, 6) is 0. The Bertz CT molecular complexity index is 3310. The van der Waals surface area contributed by atoms with Crippen LogP contribution in [0.1, 0.15) is 0 Å². The van der Waals surface area contributed by atoms with Crippen LogP contribution < -0.4 is 0 Å². The van der Waals surface area contributed by atoms with Crippen LogP contribution in [0.2, 0.25) is 0 Å². The fourth-order valence-corrected chi connectivity index (χ4v) is 9.75. The van der Waals surface area contributed by atoms with Crippen LogP contribution in [0.25, 0.3) is 119 Å². The third-order valence-electron chi connectivity index (χ3n) is 12.0. The second kappa shape index (κ2) is 11.2. The van der Waals surface area contributed by atoms with Gasteiger partial charge in [0.15, 0.2) is 0 Å². The highest BCUT2D eigenvalue weighted by atomic mass is 14.2. The van der Waals surface area contributed by atoms with E-state index in [2.05, 4.69) is 194 Å². The van der Waals surface area contributed by atoms with Crippen molar-refractivity contribution in [3.05, 3.63) is 194 Å². The molecule has 54 heavy (non-hydrogen) atoms. The minimum atomic E-state index is 1.26. The standard InChI is InChI=1S/C54H32/c1-2-16-34-33(15-1)43(49-31-51-39-21-5-3-17-35(39)37-19-7-11-25-45(37)53(51)47-27-13-9-23-41(47)49)29-30-44(34)50-32-52-40-22-6-4-18-36(40)38-20-8-12-26-46(38)54(52)48-28-14-10-24-42(48)50/h1-32H. The van der Waals surface area contributed by atoms with E-state index in [0.29, 0.717) is 0 Å². The molecule has 0 amide bonds. The summed E-state index contributed by atoms with van der Waals surface area (Å²) >= 11 is 0. The van der Waals surface area contributed by atoms with E-state index in [0.717, 1.165) is 0 Å². The maximum Gasteiger partial charge on any atom is -0.00199 e. The van der Waals surface area contributed by atoms with Gasteiger partial charge in [0.25, 0.3) is 0 Å². The van der Waals surface area contributed by atoms with Gasteiger partial charge in [0.05, 0.1) is 0 Å². The van der Waals surface area contributed by atoms with Crippen LogP contribution >= 0.6 is 0 Å². The first-order valence-corrected chi connectivity index (χ1v) is 18.9. The number of benzene rings is 12. The summed E-state index contributed by atoms with van der Waals surface area (Å²) in [4.78, 5) is 0. The van der Waals surface area contributed by atoms with Gasteiger partial charge in [0.2, 0.25) is 0 Å². The molecule has 0 aliphatic heterocycles. The van der Waals surface area contributed by atoms with Gasteiger partial charge in [-0.3, -0.25) is 0 Å². The maximum atomic E-state index is 2.47. The third kappa shape index (κ3) is 4.03. The van der Waals surface area contributed by atoms with Gasteiger partial charge in [0, 0.05) is 0 Å². The van der Waals surface area contributed by atoms with Crippen molar-refractivity contribution in [3.8, 4) is 22.3 Å². The van der Waals surface area contributed by atoms with E-state index < -0.39 is 0 Å². The number of hydrogen-bond donors (Lipinski definition) is 0. The summed E-state index contributed by atoms with van der Waals surface area (Å²) < 4.78 is 0. The Morgan fingerprint density at radius 1 is 0.148 bits per heavy atom. The molecule has 0 aliphatic carbocycles. The number of rotatable bonds is 2. The predicted octanol–water partition coefficient (Wildman–Crippen LogP) is 15.4. The van der Waals surface area contributed by atoms with Crippen molar-refractivity contribution in [2.24, 2.45) is 0 Å². The molecule has 0 aliphatic rings. The van der Waals surface area contributed by atoms with E-state index in [4.69, 9.17) is 0 Å². The van der Waals surface area contributed by atoms with E-state index in [-0.39, 0.29) is 0 Å². The summed E-state index contributed by atoms with van der Waals surface area (Å²) in [7, 11) is 0. The van der Waals surface area contributed by atoms with Gasteiger partial charge in [-0.1, -0.05) is 182 Å². The molecule has 0 unspecified atom stereocenters. The Labute approximate surface area is 312 Å². The van der Waals surface area contributed by atoms with Crippen LogP contribution in [0.3, 0.4) is 0 Å². The lowest BCUT2D eigenvalue weighted by atomic mass is 9.84. The van der Waals surface area contributed by atoms with E-state index in [1.807, 2.05) is 0 Å². The lowest BCUT2D eigenvalue weighted by molar-refractivity contribution is 1.68. The summed E-state index contributed by atoms with van der Waals surface area (Å²) in [6.07, 6.45) is 0. The molecule has 0 nitrogen and oxygen atoms in total. The Balaban J connectivity index is 1.19. The van der Waals surface area contributed by atoms with Gasteiger partial charge >= 0.3 is 0 Å². The average Bonchev–Trinajstić information content (AvgIpc) is 3.25. The van der Waals surface area contributed by atoms with Gasteiger partial charge in [-0.2, -0.15) is 0 Å². The Morgan fingerprint density at radius 2 is 0.352 bits per heavy atom. The zero-order valence-corrected chi connectivity index (χ0v) is 29.5. The topological polar surface area (TPSA) is 0 Å². The number of hydrogen-bond acceptors (Lipinski definition) is 0. The minimum absolute atomic E-state index is 1.26. The molecule has 0 bridgehead atoms. The van der Waals surface area contributed by atoms with Crippen molar-refractivity contribution >= 4 is 97.0 Å². The predicted molar refractivity (Wildman–Crippen MR) is 235 cm³/mol. The minimum Gasteiger partial charge on any atom is -0.0616 e. The van der Waals surface area contributed by atoms with Gasteiger partial charge in [-0.05, 0) is 131 Å². The largest absolute Gasteiger partial charge is 0.0616 e. The summed E-state index contributed by atoms with van der Waals surface area (Å²) in [6.45, 7) is 0. The molecule has 0 heteroatoms. The van der Waals surface area contributed by atoms with Gasteiger partial charge in [0.1, 0.15) is 0 Å². The van der Waals surface area contributed by atoms with E-state index in [1.54, 1.807) is 0 Å². The first-order valence-electron chi connectivity index (χ1n) is 18.9. The fraction of sp³-hybridized carbons (Fsp3) is 0. The quantitative estimate of drug-likeness (QED) is 0.159. The second-order valence-corrected chi connectivity index (χ2v) is 14.7. The molecule has 0 aromatic heterocycles. The summed E-state index contributed by atoms with van der Waals surface area (Å²) in [6, 6.07) is 72.3. The number of fused-ring (bicyclic) bond motifs is 17. The molecular weight excluding hydrogens is 649 g/mol. The van der Waals surface area contributed by atoms with Crippen LogP contribution in [-0.4, -0.2) is 0 Å². The van der Waals surface area contributed by atoms with Gasteiger partial charge in [-0.25, -0.2) is 0 Å². The SMILES string of the molecule is c1ccc2c(-c3cc4c5ccccc5c5ccccc5c4c4ccccc34)ccc(-c3cc4c5ccccc5c5ccccc5c4c4ccccc34)c2c1. The first-order chi connectivity index (χ1) is 26.8. The van der Waals surface area contributed by atoms with Crippen LogP contribution in [0.15, 0.2) is 194 Å². The smallest absolute Gasteiger partial charge is 0.00199 e. The van der Waals surface area contributed by atoms with Crippen molar-refractivity contribution in [2.75, 3.05) is 0 Å². The molecular formula is C54H32. The van der Waals surface area contributed by atoms with Crippen molar-refractivity contribution in [2.45, 2.75) is 0 Å². The Morgan fingerprint density at radius 3 is 0.667 bits per heavy atom. The first kappa shape index (κ1) is 29.5. The van der Waals surface area contributed by atoms with Crippen LogP contribution in [-0.2, 0) is 0 Å². The van der Waals surface area contributed by atoms with Crippen LogP contribution in [0.4, 0.5) is 0 Å². The normalized spacial score (nSPS) is 12.1. The molecule has 0 fully saturated rings.